The van der Waals surface area contributed by atoms with Crippen LogP contribution in [0.25, 0.3) is 0 Å². The summed E-state index contributed by atoms with van der Waals surface area (Å²) in [5.74, 6) is -2.93. The fourth-order valence-corrected chi connectivity index (χ4v) is 3.02. The standard InChI is InChI=1S/C18H20N2O7/c1-4-25-17(24)13-12(14(21)19-18(27-13)26-9(2)3)20-15(22)10-7-5-6-8-11(10)16(20)23/h5-9,12-13,18H,4H2,1-3H3,(H,19,21)/t12-,13+,18+/m1/s1. The van der Waals surface area contributed by atoms with Gasteiger partial charge in [0.15, 0.2) is 12.1 Å². The van der Waals surface area contributed by atoms with Crippen molar-refractivity contribution < 1.29 is 33.4 Å². The Morgan fingerprint density at radius 3 is 2.30 bits per heavy atom. The molecule has 0 saturated carbocycles. The second-order valence-electron chi connectivity index (χ2n) is 6.30. The van der Waals surface area contributed by atoms with E-state index in [1.54, 1.807) is 32.9 Å². The van der Waals surface area contributed by atoms with Crippen LogP contribution >= 0.6 is 0 Å². The van der Waals surface area contributed by atoms with Crippen molar-refractivity contribution in [3.63, 3.8) is 0 Å². The van der Waals surface area contributed by atoms with Gasteiger partial charge in [-0.15, -0.1) is 0 Å². The van der Waals surface area contributed by atoms with Crippen molar-refractivity contribution >= 4 is 23.7 Å². The van der Waals surface area contributed by atoms with Crippen LogP contribution in [0, 0.1) is 0 Å². The first-order valence-corrected chi connectivity index (χ1v) is 8.60. The van der Waals surface area contributed by atoms with Crippen LogP contribution in [-0.2, 0) is 23.8 Å². The smallest absolute Gasteiger partial charge is 0.338 e. The lowest BCUT2D eigenvalue weighted by molar-refractivity contribution is -0.235. The number of nitrogens with zero attached hydrogens (tertiary/aromatic N) is 1. The predicted molar refractivity (Wildman–Crippen MR) is 90.4 cm³/mol. The number of esters is 1. The number of rotatable bonds is 5. The number of carbonyl (C=O) groups is 4. The molecule has 9 heteroatoms. The maximum Gasteiger partial charge on any atom is 0.338 e. The zero-order valence-corrected chi connectivity index (χ0v) is 15.1. The van der Waals surface area contributed by atoms with E-state index in [-0.39, 0.29) is 23.8 Å². The van der Waals surface area contributed by atoms with Crippen LogP contribution < -0.4 is 5.32 Å². The molecule has 9 nitrogen and oxygen atoms in total. The van der Waals surface area contributed by atoms with Gasteiger partial charge >= 0.3 is 5.97 Å². The van der Waals surface area contributed by atoms with Gasteiger partial charge in [0.1, 0.15) is 0 Å². The molecule has 2 aliphatic rings. The molecule has 1 saturated heterocycles. The van der Waals surface area contributed by atoms with Gasteiger partial charge in [0.25, 0.3) is 17.7 Å². The highest BCUT2D eigenvalue weighted by Gasteiger charge is 2.52. The van der Waals surface area contributed by atoms with Gasteiger partial charge in [0.05, 0.1) is 23.8 Å². The third-order valence-electron chi connectivity index (χ3n) is 4.10. The summed E-state index contributed by atoms with van der Waals surface area (Å²) in [5.41, 5.74) is 0.330. The van der Waals surface area contributed by atoms with Gasteiger partial charge in [-0.05, 0) is 32.9 Å². The van der Waals surface area contributed by atoms with Crippen LogP contribution in [0.1, 0.15) is 41.5 Å². The summed E-state index contributed by atoms with van der Waals surface area (Å²) in [6.45, 7) is 5.10. The molecule has 0 aromatic heterocycles. The molecule has 0 radical (unpaired) electrons. The number of fused-ring (bicyclic) bond motifs is 1. The summed E-state index contributed by atoms with van der Waals surface area (Å²) in [5, 5.41) is 2.43. The van der Waals surface area contributed by atoms with Crippen molar-refractivity contribution in [2.45, 2.75) is 45.4 Å². The predicted octanol–water partition coefficient (Wildman–Crippen LogP) is 0.438. The third-order valence-corrected chi connectivity index (χ3v) is 4.10. The largest absolute Gasteiger partial charge is 0.464 e. The van der Waals surface area contributed by atoms with Gasteiger partial charge in [-0.25, -0.2) is 4.79 Å². The molecule has 3 amide bonds. The Morgan fingerprint density at radius 1 is 1.19 bits per heavy atom. The molecule has 1 N–H and O–H groups in total. The van der Waals surface area contributed by atoms with Crippen molar-refractivity contribution in [2.75, 3.05) is 6.61 Å². The van der Waals surface area contributed by atoms with E-state index in [9.17, 15) is 19.2 Å². The Labute approximate surface area is 155 Å². The Kier molecular flexibility index (Phi) is 5.24. The second-order valence-corrected chi connectivity index (χ2v) is 6.30. The van der Waals surface area contributed by atoms with Crippen molar-refractivity contribution in [1.29, 1.82) is 0 Å². The molecule has 1 aromatic carbocycles. The number of benzene rings is 1. The van der Waals surface area contributed by atoms with Crippen LogP contribution in [0.2, 0.25) is 0 Å². The molecular weight excluding hydrogens is 356 g/mol. The van der Waals surface area contributed by atoms with Crippen molar-refractivity contribution in [2.24, 2.45) is 0 Å². The fraction of sp³-hybridized carbons (Fsp3) is 0.444. The minimum Gasteiger partial charge on any atom is -0.464 e. The van der Waals surface area contributed by atoms with Gasteiger partial charge < -0.3 is 19.5 Å². The first-order chi connectivity index (χ1) is 12.8. The van der Waals surface area contributed by atoms with Crippen LogP contribution in [0.4, 0.5) is 0 Å². The molecule has 0 spiro atoms. The van der Waals surface area contributed by atoms with Crippen molar-refractivity contribution in [3.8, 4) is 0 Å². The number of ether oxygens (including phenoxy) is 3. The quantitative estimate of drug-likeness (QED) is 0.586. The lowest BCUT2D eigenvalue weighted by atomic mass is 10.1. The number of imide groups is 1. The highest BCUT2D eigenvalue weighted by Crippen LogP contribution is 2.28. The molecule has 1 fully saturated rings. The summed E-state index contributed by atoms with van der Waals surface area (Å²) in [6.07, 6.45) is -2.99. The van der Waals surface area contributed by atoms with E-state index in [1.165, 1.54) is 12.1 Å². The van der Waals surface area contributed by atoms with E-state index in [4.69, 9.17) is 14.2 Å². The fourth-order valence-electron chi connectivity index (χ4n) is 3.02. The van der Waals surface area contributed by atoms with Gasteiger partial charge in [0.2, 0.25) is 6.41 Å². The first-order valence-electron chi connectivity index (χ1n) is 8.60. The highest BCUT2D eigenvalue weighted by atomic mass is 16.7. The molecule has 0 bridgehead atoms. The second kappa shape index (κ2) is 7.45. The summed E-state index contributed by atoms with van der Waals surface area (Å²) in [4.78, 5) is 51.3. The number of hydrogen-bond donors (Lipinski definition) is 1. The molecule has 2 aliphatic heterocycles. The van der Waals surface area contributed by atoms with Gasteiger partial charge in [-0.3, -0.25) is 19.3 Å². The van der Waals surface area contributed by atoms with Crippen molar-refractivity contribution in [1.82, 2.24) is 10.2 Å². The normalized spacial score (nSPS) is 24.8. The minimum absolute atomic E-state index is 0.0465. The van der Waals surface area contributed by atoms with E-state index < -0.39 is 42.3 Å². The lowest BCUT2D eigenvalue weighted by Crippen LogP contribution is -2.66. The van der Waals surface area contributed by atoms with Crippen molar-refractivity contribution in [3.05, 3.63) is 35.4 Å². The molecule has 144 valence electrons. The topological polar surface area (TPSA) is 111 Å². The molecule has 0 unspecified atom stereocenters. The minimum atomic E-state index is -1.50. The Balaban J connectivity index is 1.94. The molecule has 2 heterocycles. The summed E-state index contributed by atoms with van der Waals surface area (Å²) >= 11 is 0. The Morgan fingerprint density at radius 2 is 1.78 bits per heavy atom. The molecule has 3 atom stereocenters. The van der Waals surface area contributed by atoms with Gasteiger partial charge in [0, 0.05) is 0 Å². The summed E-state index contributed by atoms with van der Waals surface area (Å²) in [7, 11) is 0. The number of carbonyl (C=O) groups excluding carboxylic acids is 4. The lowest BCUT2D eigenvalue weighted by Gasteiger charge is -2.38. The van der Waals surface area contributed by atoms with E-state index >= 15 is 0 Å². The molecule has 1 aromatic rings. The van der Waals surface area contributed by atoms with Crippen LogP contribution in [-0.4, -0.2) is 59.9 Å². The Hall–Kier alpha value is -2.78. The molecule has 0 aliphatic carbocycles. The number of nitrogens with one attached hydrogen (secondary N) is 1. The van der Waals surface area contributed by atoms with E-state index in [0.29, 0.717) is 0 Å². The monoisotopic (exact) mass is 376 g/mol. The molecule has 3 rings (SSSR count). The maximum atomic E-state index is 12.7. The molecule has 27 heavy (non-hydrogen) atoms. The SMILES string of the molecule is CCOC(=O)[C@H]1O[C@H](OC(C)C)NC(=O)[C@@H]1N1C(=O)c2ccccc2C1=O. The van der Waals surface area contributed by atoms with Gasteiger partial charge in [-0.1, -0.05) is 12.1 Å². The van der Waals surface area contributed by atoms with Gasteiger partial charge in [-0.2, -0.15) is 0 Å². The average molecular weight is 376 g/mol. The zero-order valence-electron chi connectivity index (χ0n) is 15.1. The van der Waals surface area contributed by atoms with E-state index in [0.717, 1.165) is 4.90 Å². The number of amides is 3. The Bertz CT molecular complexity index is 757. The average Bonchev–Trinajstić information content (AvgIpc) is 2.86. The maximum absolute atomic E-state index is 12.7. The summed E-state index contributed by atoms with van der Waals surface area (Å²) in [6, 6.07) is 4.70. The van der Waals surface area contributed by atoms with Crippen LogP contribution in [0.5, 0.6) is 0 Å². The first kappa shape index (κ1) is 19.0. The zero-order chi connectivity index (χ0) is 19.7. The third kappa shape index (κ3) is 3.43. The highest BCUT2D eigenvalue weighted by molar-refractivity contribution is 6.23. The van der Waals surface area contributed by atoms with Crippen LogP contribution in [0.15, 0.2) is 24.3 Å². The number of hydrogen-bond acceptors (Lipinski definition) is 7. The summed E-state index contributed by atoms with van der Waals surface area (Å²) < 4.78 is 15.9. The van der Waals surface area contributed by atoms with Crippen LogP contribution in [0.3, 0.4) is 0 Å². The molecular formula is C18H20N2O7. The van der Waals surface area contributed by atoms with E-state index in [2.05, 4.69) is 5.32 Å². The van der Waals surface area contributed by atoms with E-state index in [1.807, 2.05) is 0 Å².